The molecular formula is C9H11N5O2. The van der Waals surface area contributed by atoms with Gasteiger partial charge in [0.2, 0.25) is 11.9 Å². The van der Waals surface area contributed by atoms with Gasteiger partial charge in [0.25, 0.3) is 5.91 Å². The second kappa shape index (κ2) is 3.29. The largest absolute Gasteiger partial charge is 0.353 e. The zero-order chi connectivity index (χ0) is 11.1. The number of carbonyl (C=O) groups excluding carboxylic acids is 2. The second-order valence-electron chi connectivity index (χ2n) is 4.08. The van der Waals surface area contributed by atoms with E-state index in [1.54, 1.807) is 0 Å². The van der Waals surface area contributed by atoms with Gasteiger partial charge in [0.15, 0.2) is 0 Å². The quantitative estimate of drug-likeness (QED) is 0.716. The maximum atomic E-state index is 11.6. The van der Waals surface area contributed by atoms with Crippen molar-refractivity contribution in [3.63, 3.8) is 0 Å². The third-order valence-electron chi connectivity index (χ3n) is 2.73. The Balaban J connectivity index is 1.70. The minimum atomic E-state index is -0.559. The van der Waals surface area contributed by atoms with E-state index in [1.165, 1.54) is 11.0 Å². The molecule has 0 saturated heterocycles. The van der Waals surface area contributed by atoms with E-state index >= 15 is 0 Å². The second-order valence-corrected chi connectivity index (χ2v) is 4.08. The van der Waals surface area contributed by atoms with Gasteiger partial charge in [0, 0.05) is 6.04 Å². The number of carbonyl (C=O) groups is 2. The van der Waals surface area contributed by atoms with Crippen LogP contribution in [0.2, 0.25) is 0 Å². The van der Waals surface area contributed by atoms with Crippen molar-refractivity contribution in [3.05, 3.63) is 6.33 Å². The number of hydrogen-bond acceptors (Lipinski definition) is 4. The van der Waals surface area contributed by atoms with Crippen molar-refractivity contribution in [1.29, 1.82) is 0 Å². The Kier molecular flexibility index (Phi) is 1.92. The molecule has 7 heteroatoms. The van der Waals surface area contributed by atoms with Crippen molar-refractivity contribution in [2.75, 3.05) is 5.32 Å². The normalized spacial score (nSPS) is 22.8. The number of amides is 2. The van der Waals surface area contributed by atoms with Crippen LogP contribution in [0.25, 0.3) is 0 Å². The van der Waals surface area contributed by atoms with Gasteiger partial charge in [-0.25, -0.2) is 4.68 Å². The topological polar surface area (TPSA) is 88.9 Å². The molecule has 1 aliphatic carbocycles. The van der Waals surface area contributed by atoms with Gasteiger partial charge >= 0.3 is 0 Å². The number of aromatic nitrogens is 3. The maximum Gasteiger partial charge on any atom is 0.252 e. The Morgan fingerprint density at radius 1 is 1.62 bits per heavy atom. The van der Waals surface area contributed by atoms with Gasteiger partial charge in [-0.1, -0.05) is 0 Å². The predicted molar refractivity (Wildman–Crippen MR) is 53.5 cm³/mol. The summed E-state index contributed by atoms with van der Waals surface area (Å²) in [7, 11) is 0. The molecule has 84 valence electrons. The highest BCUT2D eigenvalue weighted by Crippen LogP contribution is 2.24. The lowest BCUT2D eigenvalue weighted by Crippen LogP contribution is -2.30. The van der Waals surface area contributed by atoms with Gasteiger partial charge in [-0.3, -0.25) is 14.9 Å². The average molecular weight is 221 g/mol. The molecule has 0 radical (unpaired) electrons. The van der Waals surface area contributed by atoms with E-state index in [1.807, 2.05) is 0 Å². The molecule has 1 aromatic heterocycles. The van der Waals surface area contributed by atoms with Crippen molar-refractivity contribution in [3.8, 4) is 0 Å². The van der Waals surface area contributed by atoms with Crippen molar-refractivity contribution < 1.29 is 9.59 Å². The van der Waals surface area contributed by atoms with Gasteiger partial charge in [-0.2, -0.15) is 10.1 Å². The van der Waals surface area contributed by atoms with Crippen LogP contribution in [0.15, 0.2) is 6.33 Å². The van der Waals surface area contributed by atoms with Crippen LogP contribution < -0.4 is 10.6 Å². The summed E-state index contributed by atoms with van der Waals surface area (Å²) >= 11 is 0. The highest BCUT2D eigenvalue weighted by atomic mass is 16.2. The van der Waals surface area contributed by atoms with Crippen LogP contribution in [0.4, 0.5) is 5.95 Å². The first kappa shape index (κ1) is 9.32. The number of fused-ring (bicyclic) bond motifs is 1. The van der Waals surface area contributed by atoms with Crippen LogP contribution >= 0.6 is 0 Å². The minimum absolute atomic E-state index is 0.106. The summed E-state index contributed by atoms with van der Waals surface area (Å²) in [5.74, 6) is 0.0850. The summed E-state index contributed by atoms with van der Waals surface area (Å²) in [6.07, 6.45) is 3.56. The smallest absolute Gasteiger partial charge is 0.252 e. The minimum Gasteiger partial charge on any atom is -0.353 e. The Labute approximate surface area is 91.2 Å². The van der Waals surface area contributed by atoms with E-state index < -0.39 is 6.04 Å². The van der Waals surface area contributed by atoms with E-state index in [-0.39, 0.29) is 18.2 Å². The zero-order valence-corrected chi connectivity index (χ0v) is 8.51. The monoisotopic (exact) mass is 221 g/mol. The Hall–Kier alpha value is -1.92. The summed E-state index contributed by atoms with van der Waals surface area (Å²) in [5.41, 5.74) is 0. The fourth-order valence-electron chi connectivity index (χ4n) is 1.74. The van der Waals surface area contributed by atoms with Crippen molar-refractivity contribution in [2.24, 2.45) is 0 Å². The fourth-order valence-corrected chi connectivity index (χ4v) is 1.74. The SMILES string of the molecule is O=C(C[C@@H]1C(=O)Nc2ncnn21)NC1CC1. The van der Waals surface area contributed by atoms with Crippen LogP contribution in [0.5, 0.6) is 0 Å². The zero-order valence-electron chi connectivity index (χ0n) is 8.51. The van der Waals surface area contributed by atoms with Crippen molar-refractivity contribution in [1.82, 2.24) is 20.1 Å². The number of anilines is 1. The van der Waals surface area contributed by atoms with E-state index in [0.717, 1.165) is 12.8 Å². The lowest BCUT2D eigenvalue weighted by atomic mass is 10.2. The van der Waals surface area contributed by atoms with E-state index in [4.69, 9.17) is 0 Å². The average Bonchev–Trinajstić information content (AvgIpc) is 2.84. The molecular weight excluding hydrogens is 210 g/mol. The highest BCUT2D eigenvalue weighted by molar-refractivity contribution is 5.98. The summed E-state index contributed by atoms with van der Waals surface area (Å²) < 4.78 is 1.45. The number of hydrogen-bond donors (Lipinski definition) is 2. The molecule has 2 heterocycles. The first-order chi connectivity index (χ1) is 7.74. The van der Waals surface area contributed by atoms with Crippen molar-refractivity contribution >= 4 is 17.8 Å². The molecule has 1 atom stereocenters. The standard InChI is InChI=1S/C9H11N5O2/c15-7(12-5-1-2-5)3-6-8(16)13-9-10-4-11-14(6)9/h4-6H,1-3H2,(H,12,15)(H,10,11,13,16)/t6-/m1/s1. The molecule has 1 aromatic rings. The number of nitrogens with zero attached hydrogens (tertiary/aromatic N) is 3. The first-order valence-corrected chi connectivity index (χ1v) is 5.24. The maximum absolute atomic E-state index is 11.6. The molecule has 0 aromatic carbocycles. The molecule has 0 unspecified atom stereocenters. The summed E-state index contributed by atoms with van der Waals surface area (Å²) in [5, 5.41) is 9.33. The first-order valence-electron chi connectivity index (χ1n) is 5.24. The highest BCUT2D eigenvalue weighted by Gasteiger charge is 2.34. The van der Waals surface area contributed by atoms with Gasteiger partial charge in [0.1, 0.15) is 12.4 Å². The molecule has 0 bridgehead atoms. The van der Waals surface area contributed by atoms with Gasteiger partial charge < -0.3 is 5.32 Å². The molecule has 2 N–H and O–H groups in total. The molecule has 3 rings (SSSR count). The predicted octanol–water partition coefficient (Wildman–Crippen LogP) is -0.560. The van der Waals surface area contributed by atoms with Gasteiger partial charge in [0.05, 0.1) is 6.42 Å². The van der Waals surface area contributed by atoms with Crippen LogP contribution in [0, 0.1) is 0 Å². The Bertz CT molecular complexity index is 451. The third-order valence-corrected chi connectivity index (χ3v) is 2.73. The van der Waals surface area contributed by atoms with Gasteiger partial charge in [-0.05, 0) is 12.8 Å². The van der Waals surface area contributed by atoms with Crippen LogP contribution in [-0.2, 0) is 9.59 Å². The van der Waals surface area contributed by atoms with Gasteiger partial charge in [-0.15, -0.1) is 0 Å². The van der Waals surface area contributed by atoms with E-state index in [2.05, 4.69) is 20.7 Å². The molecule has 2 amide bonds. The Morgan fingerprint density at radius 3 is 3.19 bits per heavy atom. The van der Waals surface area contributed by atoms with Crippen molar-refractivity contribution in [2.45, 2.75) is 31.3 Å². The van der Waals surface area contributed by atoms with Crippen LogP contribution in [0.1, 0.15) is 25.3 Å². The van der Waals surface area contributed by atoms with Crippen LogP contribution in [0.3, 0.4) is 0 Å². The number of rotatable bonds is 3. The summed E-state index contributed by atoms with van der Waals surface area (Å²) in [6.45, 7) is 0. The molecule has 7 nitrogen and oxygen atoms in total. The fraction of sp³-hybridized carbons (Fsp3) is 0.556. The molecule has 1 fully saturated rings. The molecule has 1 aliphatic heterocycles. The molecule has 2 aliphatic rings. The Morgan fingerprint density at radius 2 is 2.44 bits per heavy atom. The molecule has 16 heavy (non-hydrogen) atoms. The summed E-state index contributed by atoms with van der Waals surface area (Å²) in [4.78, 5) is 27.0. The lowest BCUT2D eigenvalue weighted by molar-refractivity contribution is -0.126. The summed E-state index contributed by atoms with van der Waals surface area (Å²) in [6, 6.07) is -0.247. The lowest BCUT2D eigenvalue weighted by Gasteiger charge is -2.08. The van der Waals surface area contributed by atoms with E-state index in [9.17, 15) is 9.59 Å². The number of nitrogens with one attached hydrogen (secondary N) is 2. The molecule has 1 saturated carbocycles. The van der Waals surface area contributed by atoms with E-state index in [0.29, 0.717) is 12.0 Å². The molecule has 0 spiro atoms. The third kappa shape index (κ3) is 1.54. The van der Waals surface area contributed by atoms with Crippen LogP contribution in [-0.4, -0.2) is 32.6 Å².